The molecule has 29 heavy (non-hydrogen) atoms. The van der Waals surface area contributed by atoms with Crippen LogP contribution in [0.4, 0.5) is 5.69 Å². The Morgan fingerprint density at radius 1 is 0.862 bits per heavy atom. The second-order valence-corrected chi connectivity index (χ2v) is 7.29. The molecule has 0 heterocycles. The van der Waals surface area contributed by atoms with E-state index in [0.29, 0.717) is 15.7 Å². The normalized spacial score (nSPS) is 11.7. The summed E-state index contributed by atoms with van der Waals surface area (Å²) in [4.78, 5) is 25.5. The molecule has 0 aliphatic heterocycles. The van der Waals surface area contributed by atoms with Crippen molar-refractivity contribution in [2.75, 3.05) is 5.32 Å². The third-order valence-electron chi connectivity index (χ3n) is 4.35. The van der Waals surface area contributed by atoms with Crippen molar-refractivity contribution in [3.05, 3.63) is 100 Å². The van der Waals surface area contributed by atoms with Crippen LogP contribution in [0.15, 0.2) is 78.9 Å². The molecule has 0 fully saturated rings. The number of halogens is 2. The molecule has 0 aromatic heterocycles. The number of carbonyl (C=O) groups excluding carboxylic acids is 2. The number of ether oxygens (including phenoxy) is 1. The van der Waals surface area contributed by atoms with Crippen molar-refractivity contribution in [1.29, 1.82) is 0 Å². The zero-order chi connectivity index (χ0) is 20.8. The molecule has 3 rings (SSSR count). The van der Waals surface area contributed by atoms with Gasteiger partial charge in [-0.2, -0.15) is 0 Å². The monoisotopic (exact) mass is 427 g/mol. The molecule has 3 aromatic rings. The van der Waals surface area contributed by atoms with E-state index in [2.05, 4.69) is 5.32 Å². The number of amides is 1. The Bertz CT molecular complexity index is 954. The summed E-state index contributed by atoms with van der Waals surface area (Å²) >= 11 is 12.0. The summed E-state index contributed by atoms with van der Waals surface area (Å²) in [6, 6.07) is 23.3. The number of esters is 1. The van der Waals surface area contributed by atoms with Gasteiger partial charge in [-0.3, -0.25) is 9.59 Å². The van der Waals surface area contributed by atoms with E-state index in [1.807, 2.05) is 60.7 Å². The second-order valence-electron chi connectivity index (χ2n) is 6.45. The van der Waals surface area contributed by atoms with Crippen LogP contribution in [0.5, 0.6) is 0 Å². The summed E-state index contributed by atoms with van der Waals surface area (Å²) in [5.41, 5.74) is 1.97. The smallest absolute Gasteiger partial charge is 0.318 e. The van der Waals surface area contributed by atoms with Crippen molar-refractivity contribution in [2.45, 2.75) is 18.9 Å². The van der Waals surface area contributed by atoms with Gasteiger partial charge in [0.25, 0.3) is 5.91 Å². The van der Waals surface area contributed by atoms with Gasteiger partial charge in [-0.25, -0.2) is 0 Å². The molecule has 0 aliphatic carbocycles. The number of hydrogen-bond acceptors (Lipinski definition) is 3. The highest BCUT2D eigenvalue weighted by molar-refractivity contribution is 6.36. The highest BCUT2D eigenvalue weighted by Crippen LogP contribution is 2.28. The van der Waals surface area contributed by atoms with E-state index in [4.69, 9.17) is 27.9 Å². The number of anilines is 1. The number of rotatable bonds is 6. The molecule has 3 aromatic carbocycles. The van der Waals surface area contributed by atoms with Crippen LogP contribution in [-0.2, 0) is 14.3 Å². The van der Waals surface area contributed by atoms with Crippen LogP contribution in [0.3, 0.4) is 0 Å². The Kier molecular flexibility index (Phi) is 6.91. The van der Waals surface area contributed by atoms with Crippen molar-refractivity contribution in [3.8, 4) is 0 Å². The van der Waals surface area contributed by atoms with E-state index < -0.39 is 23.9 Å². The number of nitrogens with one attached hydrogen (secondary N) is 1. The van der Waals surface area contributed by atoms with Crippen LogP contribution in [-0.4, -0.2) is 18.0 Å². The Labute approximate surface area is 179 Å². The molecule has 6 heteroatoms. The van der Waals surface area contributed by atoms with Gasteiger partial charge in [0.2, 0.25) is 0 Å². The summed E-state index contributed by atoms with van der Waals surface area (Å²) in [6.07, 6.45) is -1.01. The minimum absolute atomic E-state index is 0.302. The highest BCUT2D eigenvalue weighted by Gasteiger charge is 2.28. The molecule has 1 amide bonds. The molecule has 0 radical (unpaired) electrons. The fourth-order valence-corrected chi connectivity index (χ4v) is 3.33. The average Bonchev–Trinajstić information content (AvgIpc) is 2.71. The van der Waals surface area contributed by atoms with Crippen molar-refractivity contribution >= 4 is 40.8 Å². The Morgan fingerprint density at radius 2 is 1.41 bits per heavy atom. The summed E-state index contributed by atoms with van der Waals surface area (Å²) in [6.45, 7) is 1.52. The Balaban J connectivity index is 1.76. The standard InChI is InChI=1S/C23H19Cl2NO3/c1-15(22(27)26-20-13-12-18(24)14-19(20)25)29-23(28)21(16-8-4-2-5-9-16)17-10-6-3-7-11-17/h2-15,21H,1H3,(H,26,27). The average molecular weight is 428 g/mol. The van der Waals surface area contributed by atoms with Crippen LogP contribution < -0.4 is 5.32 Å². The van der Waals surface area contributed by atoms with Crippen LogP contribution in [0.1, 0.15) is 24.0 Å². The lowest BCUT2D eigenvalue weighted by atomic mass is 9.91. The minimum atomic E-state index is -1.01. The van der Waals surface area contributed by atoms with E-state index in [9.17, 15) is 9.59 Å². The van der Waals surface area contributed by atoms with Gasteiger partial charge in [0.05, 0.1) is 10.7 Å². The second kappa shape index (κ2) is 9.59. The zero-order valence-corrected chi connectivity index (χ0v) is 17.2. The van der Waals surface area contributed by atoms with Gasteiger partial charge in [-0.1, -0.05) is 83.9 Å². The first-order chi connectivity index (χ1) is 14.0. The summed E-state index contributed by atoms with van der Waals surface area (Å²) in [5.74, 6) is -1.62. The minimum Gasteiger partial charge on any atom is -0.452 e. The molecule has 0 saturated heterocycles. The molecule has 0 spiro atoms. The molecule has 4 nitrogen and oxygen atoms in total. The largest absolute Gasteiger partial charge is 0.452 e. The highest BCUT2D eigenvalue weighted by atomic mass is 35.5. The summed E-state index contributed by atoms with van der Waals surface area (Å²) in [5, 5.41) is 3.42. The van der Waals surface area contributed by atoms with E-state index in [0.717, 1.165) is 11.1 Å². The van der Waals surface area contributed by atoms with Crippen LogP contribution in [0.25, 0.3) is 0 Å². The number of carbonyl (C=O) groups is 2. The Hall–Kier alpha value is -2.82. The molecule has 148 valence electrons. The molecule has 1 N–H and O–H groups in total. The van der Waals surface area contributed by atoms with Gasteiger partial charge in [-0.05, 0) is 36.2 Å². The van der Waals surface area contributed by atoms with E-state index >= 15 is 0 Å². The molecule has 0 aliphatic rings. The number of benzene rings is 3. The first-order valence-electron chi connectivity index (χ1n) is 9.02. The zero-order valence-electron chi connectivity index (χ0n) is 15.6. The van der Waals surface area contributed by atoms with Gasteiger partial charge in [0.1, 0.15) is 5.92 Å². The third-order valence-corrected chi connectivity index (χ3v) is 4.90. The maximum Gasteiger partial charge on any atom is 0.318 e. The summed E-state index contributed by atoms with van der Waals surface area (Å²) < 4.78 is 5.50. The first kappa shape index (κ1) is 20.9. The van der Waals surface area contributed by atoms with Crippen molar-refractivity contribution in [2.24, 2.45) is 0 Å². The fourth-order valence-electron chi connectivity index (χ4n) is 2.88. The van der Waals surface area contributed by atoms with Gasteiger partial charge < -0.3 is 10.1 Å². The van der Waals surface area contributed by atoms with E-state index in [1.54, 1.807) is 12.1 Å². The van der Waals surface area contributed by atoms with Crippen LogP contribution >= 0.6 is 23.2 Å². The van der Waals surface area contributed by atoms with Gasteiger partial charge >= 0.3 is 5.97 Å². The molecule has 0 saturated carbocycles. The van der Waals surface area contributed by atoms with Crippen molar-refractivity contribution in [3.63, 3.8) is 0 Å². The van der Waals surface area contributed by atoms with Gasteiger partial charge in [0.15, 0.2) is 6.10 Å². The molecule has 0 bridgehead atoms. The maximum absolute atomic E-state index is 13.0. The SMILES string of the molecule is CC(OC(=O)C(c1ccccc1)c1ccccc1)C(=O)Nc1ccc(Cl)cc1Cl. The van der Waals surface area contributed by atoms with Crippen molar-refractivity contribution in [1.82, 2.24) is 0 Å². The fraction of sp³-hybridized carbons (Fsp3) is 0.130. The van der Waals surface area contributed by atoms with Gasteiger partial charge in [-0.15, -0.1) is 0 Å². The third kappa shape index (κ3) is 5.37. The van der Waals surface area contributed by atoms with Crippen LogP contribution in [0, 0.1) is 0 Å². The molecular formula is C23H19Cl2NO3. The van der Waals surface area contributed by atoms with Gasteiger partial charge in [0, 0.05) is 5.02 Å². The maximum atomic E-state index is 13.0. The lowest BCUT2D eigenvalue weighted by Crippen LogP contribution is -2.32. The lowest BCUT2D eigenvalue weighted by molar-refractivity contribution is -0.153. The van der Waals surface area contributed by atoms with E-state index in [1.165, 1.54) is 13.0 Å². The predicted molar refractivity (Wildman–Crippen MR) is 115 cm³/mol. The first-order valence-corrected chi connectivity index (χ1v) is 9.77. The number of hydrogen-bond donors (Lipinski definition) is 1. The topological polar surface area (TPSA) is 55.4 Å². The lowest BCUT2D eigenvalue weighted by Gasteiger charge is -2.20. The molecule has 1 atom stereocenters. The predicted octanol–water partition coefficient (Wildman–Crippen LogP) is 5.70. The Morgan fingerprint density at radius 3 is 1.93 bits per heavy atom. The summed E-state index contributed by atoms with van der Waals surface area (Å²) in [7, 11) is 0. The van der Waals surface area contributed by atoms with Crippen molar-refractivity contribution < 1.29 is 14.3 Å². The van der Waals surface area contributed by atoms with E-state index in [-0.39, 0.29) is 0 Å². The molecular weight excluding hydrogens is 409 g/mol. The molecule has 1 unspecified atom stereocenters. The van der Waals surface area contributed by atoms with Crippen LogP contribution in [0.2, 0.25) is 10.0 Å². The quantitative estimate of drug-likeness (QED) is 0.513.